The van der Waals surface area contributed by atoms with Crippen LogP contribution in [0.4, 0.5) is 4.79 Å². The lowest BCUT2D eigenvalue weighted by molar-refractivity contribution is 0.130. The third kappa shape index (κ3) is 6.53. The molecule has 1 aliphatic rings. The highest BCUT2D eigenvalue weighted by atomic mass is 32.2. The van der Waals surface area contributed by atoms with Crippen molar-refractivity contribution in [1.29, 1.82) is 0 Å². The first-order valence-corrected chi connectivity index (χ1v) is 7.68. The van der Waals surface area contributed by atoms with Crippen molar-refractivity contribution in [1.82, 2.24) is 4.72 Å². The number of rotatable bonds is 7. The van der Waals surface area contributed by atoms with Gasteiger partial charge in [0.05, 0.1) is 0 Å². The van der Waals surface area contributed by atoms with Crippen LogP contribution in [0.5, 0.6) is 0 Å². The van der Waals surface area contributed by atoms with Gasteiger partial charge in [-0.25, -0.2) is 4.79 Å². The minimum absolute atomic E-state index is 0.192. The molecule has 0 spiro atoms. The fourth-order valence-corrected chi connectivity index (χ4v) is 2.45. The maximum atomic E-state index is 11.6. The Kier molecular flexibility index (Phi) is 7.41. The molecule has 0 fully saturated rings. The minimum Gasteiger partial charge on any atom is -0.441 e. The largest absolute Gasteiger partial charge is 0.441 e. The maximum absolute atomic E-state index is 11.6. The Balaban J connectivity index is 2.21. The van der Waals surface area contributed by atoms with Crippen LogP contribution < -0.4 is 4.72 Å². The van der Waals surface area contributed by atoms with Crippen LogP contribution in [0.15, 0.2) is 36.5 Å². The van der Waals surface area contributed by atoms with Crippen molar-refractivity contribution in [3.63, 3.8) is 0 Å². The van der Waals surface area contributed by atoms with E-state index >= 15 is 0 Å². The van der Waals surface area contributed by atoms with Crippen molar-refractivity contribution in [3.05, 3.63) is 36.5 Å². The molecule has 2 unspecified atom stereocenters. The summed E-state index contributed by atoms with van der Waals surface area (Å²) >= 11 is 1.39. The molecule has 0 aromatic carbocycles. The van der Waals surface area contributed by atoms with Gasteiger partial charge in [-0.05, 0) is 49.6 Å². The molecular weight excluding hydrogens is 258 g/mol. The van der Waals surface area contributed by atoms with Gasteiger partial charge < -0.3 is 4.74 Å². The SMILES string of the molecule is C=CCC(C)CSNC(=O)OC(C)C1=CCCC=C1. The normalized spacial score (nSPS) is 17.3. The van der Waals surface area contributed by atoms with E-state index in [2.05, 4.69) is 30.4 Å². The summed E-state index contributed by atoms with van der Waals surface area (Å²) in [5.41, 5.74) is 1.08. The number of amides is 1. The van der Waals surface area contributed by atoms with Crippen molar-refractivity contribution in [2.75, 3.05) is 5.75 Å². The predicted octanol–water partition coefficient (Wildman–Crippen LogP) is 4.24. The molecule has 0 heterocycles. The van der Waals surface area contributed by atoms with Crippen molar-refractivity contribution in [3.8, 4) is 0 Å². The van der Waals surface area contributed by atoms with E-state index in [-0.39, 0.29) is 12.2 Å². The summed E-state index contributed by atoms with van der Waals surface area (Å²) in [6.45, 7) is 7.72. The van der Waals surface area contributed by atoms with Gasteiger partial charge in [0.15, 0.2) is 0 Å². The fourth-order valence-electron chi connectivity index (χ4n) is 1.78. The minimum atomic E-state index is -0.372. The van der Waals surface area contributed by atoms with Crippen molar-refractivity contribution < 1.29 is 9.53 Å². The van der Waals surface area contributed by atoms with Gasteiger partial charge in [0.1, 0.15) is 6.10 Å². The molecule has 0 bridgehead atoms. The van der Waals surface area contributed by atoms with E-state index in [9.17, 15) is 4.79 Å². The number of carbonyl (C=O) groups excluding carboxylic acids is 1. The van der Waals surface area contributed by atoms with Crippen LogP contribution in [-0.2, 0) is 4.74 Å². The number of carbonyl (C=O) groups is 1. The Hall–Kier alpha value is -1.16. The summed E-state index contributed by atoms with van der Waals surface area (Å²) in [6, 6.07) is 0. The van der Waals surface area contributed by atoms with E-state index in [1.54, 1.807) is 0 Å². The van der Waals surface area contributed by atoms with Gasteiger partial charge in [-0.3, -0.25) is 4.72 Å². The van der Waals surface area contributed by atoms with Crippen LogP contribution in [0.25, 0.3) is 0 Å². The number of hydrogen-bond acceptors (Lipinski definition) is 3. The van der Waals surface area contributed by atoms with Gasteiger partial charge in [-0.2, -0.15) is 0 Å². The Morgan fingerprint density at radius 3 is 3.00 bits per heavy atom. The van der Waals surface area contributed by atoms with E-state index in [0.717, 1.165) is 30.6 Å². The highest BCUT2D eigenvalue weighted by molar-refractivity contribution is 7.97. The van der Waals surface area contributed by atoms with Gasteiger partial charge in [0.25, 0.3) is 0 Å². The fraction of sp³-hybridized carbons (Fsp3) is 0.533. The smallest absolute Gasteiger partial charge is 0.417 e. The second-order valence-corrected chi connectivity index (χ2v) is 5.60. The number of ether oxygens (including phenoxy) is 1. The summed E-state index contributed by atoms with van der Waals surface area (Å²) in [5.74, 6) is 1.36. The molecule has 0 radical (unpaired) electrons. The highest BCUT2D eigenvalue weighted by Crippen LogP contribution is 2.16. The van der Waals surface area contributed by atoms with Gasteiger partial charge >= 0.3 is 6.09 Å². The summed E-state index contributed by atoms with van der Waals surface area (Å²) in [6.07, 6.45) is 10.6. The van der Waals surface area contributed by atoms with Gasteiger partial charge in [-0.15, -0.1) is 6.58 Å². The van der Waals surface area contributed by atoms with E-state index in [1.165, 1.54) is 11.9 Å². The van der Waals surface area contributed by atoms with Crippen LogP contribution in [-0.4, -0.2) is 18.0 Å². The van der Waals surface area contributed by atoms with Crippen molar-refractivity contribution in [2.24, 2.45) is 5.92 Å². The molecule has 0 aliphatic heterocycles. The molecule has 2 atom stereocenters. The Labute approximate surface area is 120 Å². The second kappa shape index (κ2) is 8.86. The maximum Gasteiger partial charge on any atom is 0.417 e. The summed E-state index contributed by atoms with van der Waals surface area (Å²) < 4.78 is 8.03. The monoisotopic (exact) mass is 281 g/mol. The average Bonchev–Trinajstić information content (AvgIpc) is 2.40. The second-order valence-electron chi connectivity index (χ2n) is 4.77. The third-order valence-electron chi connectivity index (χ3n) is 2.87. The van der Waals surface area contributed by atoms with E-state index < -0.39 is 0 Å². The number of hydrogen-bond donors (Lipinski definition) is 1. The summed E-state index contributed by atoms with van der Waals surface area (Å²) in [5, 5.41) is 0. The predicted molar refractivity (Wildman–Crippen MR) is 82.0 cm³/mol. The lowest BCUT2D eigenvalue weighted by atomic mass is 10.0. The molecule has 4 heteroatoms. The number of nitrogens with one attached hydrogen (secondary N) is 1. The summed E-state index contributed by atoms with van der Waals surface area (Å²) in [4.78, 5) is 11.6. The topological polar surface area (TPSA) is 38.3 Å². The Morgan fingerprint density at radius 1 is 1.58 bits per heavy atom. The van der Waals surface area contributed by atoms with Crippen molar-refractivity contribution in [2.45, 2.75) is 39.2 Å². The molecule has 1 amide bonds. The number of allylic oxidation sites excluding steroid dienone is 3. The molecule has 0 saturated carbocycles. The zero-order chi connectivity index (χ0) is 14.1. The van der Waals surface area contributed by atoms with Gasteiger partial charge in [0, 0.05) is 5.75 Å². The van der Waals surface area contributed by atoms with E-state index in [1.807, 2.05) is 19.1 Å². The zero-order valence-electron chi connectivity index (χ0n) is 11.7. The Bertz CT molecular complexity index is 363. The molecule has 106 valence electrons. The van der Waals surface area contributed by atoms with E-state index in [4.69, 9.17) is 4.74 Å². The quantitative estimate of drug-likeness (QED) is 0.560. The molecule has 3 nitrogen and oxygen atoms in total. The summed E-state index contributed by atoms with van der Waals surface area (Å²) in [7, 11) is 0. The molecular formula is C15H23NO2S. The lowest BCUT2D eigenvalue weighted by Gasteiger charge is -2.17. The van der Waals surface area contributed by atoms with Gasteiger partial charge in [0.2, 0.25) is 0 Å². The van der Waals surface area contributed by atoms with E-state index in [0.29, 0.717) is 5.92 Å². The first-order valence-electron chi connectivity index (χ1n) is 6.69. The first-order chi connectivity index (χ1) is 9.13. The molecule has 1 N–H and O–H groups in total. The molecule has 0 aromatic rings. The lowest BCUT2D eigenvalue weighted by Crippen LogP contribution is -2.24. The molecule has 0 aromatic heterocycles. The third-order valence-corrected chi connectivity index (χ3v) is 3.92. The van der Waals surface area contributed by atoms with Crippen LogP contribution in [0.2, 0.25) is 0 Å². The average molecular weight is 281 g/mol. The van der Waals surface area contributed by atoms with Crippen LogP contribution in [0, 0.1) is 5.92 Å². The van der Waals surface area contributed by atoms with Crippen molar-refractivity contribution >= 4 is 18.0 Å². The molecule has 1 rings (SSSR count). The zero-order valence-corrected chi connectivity index (χ0v) is 12.5. The standard InChI is InChI=1S/C15H23NO2S/c1-4-8-12(2)11-19-16-15(17)18-13(3)14-9-6-5-7-10-14/h4,6,9-10,12-13H,1,5,7-8,11H2,2-3H3,(H,16,17). The highest BCUT2D eigenvalue weighted by Gasteiger charge is 2.13. The van der Waals surface area contributed by atoms with Crippen LogP contribution in [0.1, 0.15) is 33.1 Å². The van der Waals surface area contributed by atoms with Gasteiger partial charge in [-0.1, -0.05) is 31.2 Å². The molecule has 1 aliphatic carbocycles. The van der Waals surface area contributed by atoms with Crippen LogP contribution in [0.3, 0.4) is 0 Å². The Morgan fingerprint density at radius 2 is 2.37 bits per heavy atom. The first kappa shape index (κ1) is 15.9. The molecule has 19 heavy (non-hydrogen) atoms. The molecule has 0 saturated heterocycles. The van der Waals surface area contributed by atoms with Crippen LogP contribution >= 0.6 is 11.9 Å².